The van der Waals surface area contributed by atoms with E-state index in [0.717, 1.165) is 29.5 Å². The van der Waals surface area contributed by atoms with Crippen molar-refractivity contribution in [2.75, 3.05) is 4.72 Å². The summed E-state index contributed by atoms with van der Waals surface area (Å²) in [5, 5.41) is 0.0753. The molecule has 164 valence electrons. The fraction of sp³-hybridized carbons (Fsp3) is 0.333. The van der Waals surface area contributed by atoms with Gasteiger partial charge in [-0.25, -0.2) is 8.42 Å². The van der Waals surface area contributed by atoms with Gasteiger partial charge in [0.25, 0.3) is 0 Å². The minimum absolute atomic E-state index is 0.0314. The zero-order chi connectivity index (χ0) is 22.5. The van der Waals surface area contributed by atoms with E-state index in [1.807, 2.05) is 0 Å². The molecule has 7 nitrogen and oxygen atoms in total. The summed E-state index contributed by atoms with van der Waals surface area (Å²) in [7, 11) is -4.10. The first-order valence-corrected chi connectivity index (χ1v) is 11.0. The zero-order valence-electron chi connectivity index (χ0n) is 16.0. The highest BCUT2D eigenvalue weighted by Crippen LogP contribution is 2.33. The third kappa shape index (κ3) is 6.46. The number of carbonyl (C=O) groups is 1. The highest BCUT2D eigenvalue weighted by molar-refractivity contribution is 7.93. The molecule has 0 spiro atoms. The number of esters is 1. The van der Waals surface area contributed by atoms with E-state index in [1.165, 1.54) is 18.4 Å². The Kier molecular flexibility index (Phi) is 7.48. The van der Waals surface area contributed by atoms with E-state index in [0.29, 0.717) is 6.42 Å². The Morgan fingerprint density at radius 1 is 1.40 bits per heavy atom. The third-order valence-electron chi connectivity index (χ3n) is 3.71. The van der Waals surface area contributed by atoms with Crippen molar-refractivity contribution in [2.45, 2.75) is 38.3 Å². The largest absolute Gasteiger partial charge is 0.573 e. The van der Waals surface area contributed by atoms with Gasteiger partial charge in [0, 0.05) is 6.42 Å². The van der Waals surface area contributed by atoms with Crippen molar-refractivity contribution in [3.8, 4) is 11.6 Å². The Balaban J connectivity index is 2.21. The normalized spacial score (nSPS) is 12.8. The minimum atomic E-state index is -4.86. The number of anilines is 1. The molecule has 1 unspecified atom stereocenters. The Hall–Kier alpha value is -2.60. The van der Waals surface area contributed by atoms with Crippen LogP contribution in [0.3, 0.4) is 0 Å². The number of carbonyl (C=O) groups excluding carboxylic acids is 1. The second-order valence-corrected chi connectivity index (χ2v) is 8.74. The standard InChI is InChI=1S/C18H19F3N2O5S2/c1-4-6-16(24)27-15-10-29-17(22-15)23-30(25,26)14(5-2)13-8-7-12(9-11(13)3)28-18(19,20)21/h5,7-10,14H,2,4,6H2,1,3H3,(H,22,23). The van der Waals surface area contributed by atoms with Crippen LogP contribution in [0.1, 0.15) is 36.1 Å². The number of hydrogen-bond donors (Lipinski definition) is 1. The SMILES string of the molecule is C=CC(c1ccc(OC(F)(F)F)cc1C)S(=O)(=O)Nc1nc(OC(=O)CCC)cs1. The molecule has 0 aliphatic rings. The fourth-order valence-electron chi connectivity index (χ4n) is 2.50. The van der Waals surface area contributed by atoms with E-state index < -0.39 is 33.4 Å². The first kappa shape index (κ1) is 23.7. The lowest BCUT2D eigenvalue weighted by Gasteiger charge is -2.18. The molecule has 2 rings (SSSR count). The summed E-state index contributed by atoms with van der Waals surface area (Å²) in [4.78, 5) is 15.4. The van der Waals surface area contributed by atoms with Crippen LogP contribution >= 0.6 is 11.3 Å². The lowest BCUT2D eigenvalue weighted by molar-refractivity contribution is -0.274. The van der Waals surface area contributed by atoms with Gasteiger partial charge in [0.2, 0.25) is 15.9 Å². The second-order valence-electron chi connectivity index (χ2n) is 6.08. The van der Waals surface area contributed by atoms with Gasteiger partial charge in [-0.15, -0.1) is 31.1 Å². The summed E-state index contributed by atoms with van der Waals surface area (Å²) in [6.45, 7) is 6.78. The molecular weight excluding hydrogens is 445 g/mol. The Morgan fingerprint density at radius 3 is 2.67 bits per heavy atom. The topological polar surface area (TPSA) is 94.6 Å². The minimum Gasteiger partial charge on any atom is -0.406 e. The molecule has 0 radical (unpaired) electrons. The summed E-state index contributed by atoms with van der Waals surface area (Å²) in [5.41, 5.74) is 0.485. The van der Waals surface area contributed by atoms with Crippen LogP contribution < -0.4 is 14.2 Å². The molecule has 0 saturated heterocycles. The number of aromatic nitrogens is 1. The van der Waals surface area contributed by atoms with E-state index in [4.69, 9.17) is 4.74 Å². The summed E-state index contributed by atoms with van der Waals surface area (Å²) >= 11 is 0.915. The Morgan fingerprint density at radius 2 is 2.10 bits per heavy atom. The van der Waals surface area contributed by atoms with Gasteiger partial charge in [0.05, 0.1) is 5.38 Å². The van der Waals surface area contributed by atoms with Gasteiger partial charge in [0.1, 0.15) is 11.0 Å². The smallest absolute Gasteiger partial charge is 0.406 e. The number of aryl methyl sites for hydroxylation is 1. The molecule has 0 amide bonds. The quantitative estimate of drug-likeness (QED) is 0.426. The molecule has 0 aliphatic carbocycles. The molecular formula is C18H19F3N2O5S2. The van der Waals surface area contributed by atoms with Crippen molar-refractivity contribution in [3.63, 3.8) is 0 Å². The Labute approximate surface area is 175 Å². The van der Waals surface area contributed by atoms with Gasteiger partial charge in [-0.2, -0.15) is 4.98 Å². The van der Waals surface area contributed by atoms with Crippen molar-refractivity contribution in [1.29, 1.82) is 0 Å². The van der Waals surface area contributed by atoms with E-state index >= 15 is 0 Å². The van der Waals surface area contributed by atoms with Gasteiger partial charge < -0.3 is 9.47 Å². The monoisotopic (exact) mass is 464 g/mol. The summed E-state index contributed by atoms with van der Waals surface area (Å²) in [6.07, 6.45) is -2.92. The van der Waals surface area contributed by atoms with E-state index in [9.17, 15) is 26.4 Å². The van der Waals surface area contributed by atoms with Crippen LogP contribution in [-0.2, 0) is 14.8 Å². The van der Waals surface area contributed by atoms with Crippen LogP contribution in [0.25, 0.3) is 0 Å². The number of nitrogens with zero attached hydrogens (tertiary/aromatic N) is 1. The average molecular weight is 464 g/mol. The van der Waals surface area contributed by atoms with Gasteiger partial charge in [-0.3, -0.25) is 9.52 Å². The highest BCUT2D eigenvalue weighted by atomic mass is 32.2. The number of halogens is 3. The van der Waals surface area contributed by atoms with Crippen LogP contribution in [0, 0.1) is 6.92 Å². The van der Waals surface area contributed by atoms with Crippen LogP contribution in [0.15, 0.2) is 36.2 Å². The van der Waals surface area contributed by atoms with Crippen molar-refractivity contribution in [3.05, 3.63) is 47.4 Å². The van der Waals surface area contributed by atoms with Crippen molar-refractivity contribution in [1.82, 2.24) is 4.98 Å². The summed E-state index contributed by atoms with van der Waals surface area (Å²) < 4.78 is 73.8. The fourth-order valence-corrected chi connectivity index (χ4v) is 4.76. The number of nitrogens with one attached hydrogen (secondary N) is 1. The van der Waals surface area contributed by atoms with Crippen LogP contribution in [0.5, 0.6) is 11.6 Å². The molecule has 0 aliphatic heterocycles. The number of hydrogen-bond acceptors (Lipinski definition) is 7. The number of thiazole rings is 1. The van der Waals surface area contributed by atoms with Crippen LogP contribution in [-0.4, -0.2) is 25.7 Å². The second kappa shape index (κ2) is 9.47. The maximum Gasteiger partial charge on any atom is 0.573 e. The molecule has 0 saturated carbocycles. The maximum absolute atomic E-state index is 12.8. The molecule has 1 aromatic carbocycles. The first-order valence-electron chi connectivity index (χ1n) is 8.62. The predicted molar refractivity (Wildman–Crippen MR) is 106 cm³/mol. The molecule has 1 aromatic heterocycles. The van der Waals surface area contributed by atoms with E-state index in [-0.39, 0.29) is 28.6 Å². The average Bonchev–Trinajstić information content (AvgIpc) is 3.02. The number of sulfonamides is 1. The lowest BCUT2D eigenvalue weighted by Crippen LogP contribution is -2.21. The molecule has 0 fully saturated rings. The van der Waals surface area contributed by atoms with Crippen molar-refractivity contribution < 1.29 is 35.9 Å². The predicted octanol–water partition coefficient (Wildman–Crippen LogP) is 4.72. The zero-order valence-corrected chi connectivity index (χ0v) is 17.7. The first-order chi connectivity index (χ1) is 13.9. The summed E-state index contributed by atoms with van der Waals surface area (Å²) in [6, 6.07) is 3.34. The molecule has 1 heterocycles. The van der Waals surface area contributed by atoms with Crippen LogP contribution in [0.2, 0.25) is 0 Å². The Bertz CT molecular complexity index is 1020. The van der Waals surface area contributed by atoms with Crippen molar-refractivity contribution >= 4 is 32.5 Å². The van der Waals surface area contributed by atoms with Gasteiger partial charge in [-0.05, 0) is 36.6 Å². The molecule has 1 N–H and O–H groups in total. The van der Waals surface area contributed by atoms with Gasteiger partial charge >= 0.3 is 12.3 Å². The van der Waals surface area contributed by atoms with Gasteiger partial charge in [0.15, 0.2) is 5.13 Å². The number of benzene rings is 1. The third-order valence-corrected chi connectivity index (χ3v) is 6.17. The van der Waals surface area contributed by atoms with Crippen molar-refractivity contribution in [2.24, 2.45) is 0 Å². The molecule has 30 heavy (non-hydrogen) atoms. The van der Waals surface area contributed by atoms with Gasteiger partial charge in [-0.1, -0.05) is 19.1 Å². The van der Waals surface area contributed by atoms with E-state index in [2.05, 4.69) is 21.0 Å². The molecule has 2 aromatic rings. The summed E-state index contributed by atoms with van der Waals surface area (Å²) in [5.74, 6) is -0.982. The molecule has 0 bridgehead atoms. The highest BCUT2D eigenvalue weighted by Gasteiger charge is 2.32. The molecule has 12 heteroatoms. The van der Waals surface area contributed by atoms with E-state index in [1.54, 1.807) is 6.92 Å². The number of rotatable bonds is 9. The lowest BCUT2D eigenvalue weighted by atomic mass is 10.1. The van der Waals surface area contributed by atoms with Crippen LogP contribution in [0.4, 0.5) is 18.3 Å². The maximum atomic E-state index is 12.8. The number of ether oxygens (including phenoxy) is 2. The molecule has 1 atom stereocenters. The number of alkyl halides is 3.